The number of furan rings is 1. The van der Waals surface area contributed by atoms with Crippen LogP contribution in [0.25, 0.3) is 119 Å². The van der Waals surface area contributed by atoms with Crippen molar-refractivity contribution in [1.82, 2.24) is 0 Å². The molecule has 0 fully saturated rings. The molecule has 0 N–H and O–H groups in total. The highest BCUT2D eigenvalue weighted by atomic mass is 32.1. The Bertz CT molecular complexity index is 6700. The van der Waals surface area contributed by atoms with Crippen LogP contribution in [0.15, 0.2) is 502 Å². The van der Waals surface area contributed by atoms with Crippen molar-refractivity contribution < 1.29 is 4.42 Å². The second-order valence-corrected chi connectivity index (χ2v) is 31.4. The fourth-order valence-corrected chi connectivity index (χ4v) is 17.8. The number of anilines is 12. The molecule has 0 spiro atoms. The zero-order valence-electron chi connectivity index (χ0n) is 66.9. The van der Waals surface area contributed by atoms with Gasteiger partial charge in [0.1, 0.15) is 11.2 Å². The van der Waals surface area contributed by atoms with Crippen LogP contribution in [0.4, 0.5) is 68.2 Å². The summed E-state index contributed by atoms with van der Waals surface area (Å²) in [4.78, 5) is 9.36. The van der Waals surface area contributed by atoms with Crippen LogP contribution in [0.1, 0.15) is 0 Å². The summed E-state index contributed by atoms with van der Waals surface area (Å²) >= 11 is 1.85. The summed E-state index contributed by atoms with van der Waals surface area (Å²) < 4.78 is 8.75. The largest absolute Gasteiger partial charge is 0.456 e. The predicted octanol–water partition coefficient (Wildman–Crippen LogP) is 33.8. The van der Waals surface area contributed by atoms with Gasteiger partial charge in [-0.2, -0.15) is 0 Å². The Morgan fingerprint density at radius 2 is 0.402 bits per heavy atom. The van der Waals surface area contributed by atoms with E-state index in [1.165, 1.54) is 97.4 Å². The summed E-state index contributed by atoms with van der Waals surface area (Å²) in [6, 6.07) is 177. The lowest BCUT2D eigenvalue weighted by atomic mass is 10.0. The van der Waals surface area contributed by atoms with Gasteiger partial charge >= 0.3 is 0 Å². The van der Waals surface area contributed by atoms with Gasteiger partial charge < -0.3 is 24.0 Å². The molecule has 0 radical (unpaired) electrons. The van der Waals surface area contributed by atoms with Gasteiger partial charge in [-0.25, -0.2) is 0 Å². The number of hydrogen-bond acceptors (Lipinski definition) is 6. The summed E-state index contributed by atoms with van der Waals surface area (Å²) in [6.07, 6.45) is 0. The number of thiophene rings is 1. The van der Waals surface area contributed by atoms with Gasteiger partial charge in [0.2, 0.25) is 0 Å². The van der Waals surface area contributed by atoms with E-state index in [2.05, 4.69) is 505 Å². The highest BCUT2D eigenvalue weighted by Crippen LogP contribution is 2.47. The smallest absolute Gasteiger partial charge is 0.135 e. The highest BCUT2D eigenvalue weighted by molar-refractivity contribution is 7.25. The van der Waals surface area contributed by atoms with Crippen LogP contribution in [0.3, 0.4) is 0 Å². The number of nitrogens with zero attached hydrogens (tertiary/aromatic N) is 4. The number of rotatable bonds is 17. The summed E-state index contributed by atoms with van der Waals surface area (Å²) in [6.45, 7) is 0. The molecule has 0 unspecified atom stereocenters. The van der Waals surface area contributed by atoms with E-state index in [4.69, 9.17) is 4.42 Å². The van der Waals surface area contributed by atoms with Crippen molar-refractivity contribution in [2.45, 2.75) is 0 Å². The molecule has 578 valence electrons. The Morgan fingerprint density at radius 1 is 0.148 bits per heavy atom. The van der Waals surface area contributed by atoms with E-state index in [0.717, 1.165) is 90.2 Å². The molecule has 22 aromatic rings. The molecule has 122 heavy (non-hydrogen) atoms. The van der Waals surface area contributed by atoms with E-state index < -0.39 is 0 Å². The lowest BCUT2D eigenvalue weighted by Crippen LogP contribution is -2.10. The van der Waals surface area contributed by atoms with Crippen LogP contribution in [0, 0.1) is 0 Å². The molecule has 2 heterocycles. The summed E-state index contributed by atoms with van der Waals surface area (Å²) in [5.41, 5.74) is 27.4. The Balaban J connectivity index is 0.000000117. The predicted molar refractivity (Wildman–Crippen MR) is 520 cm³/mol. The van der Waals surface area contributed by atoms with E-state index in [0.29, 0.717) is 0 Å². The first-order valence-corrected chi connectivity index (χ1v) is 42.2. The minimum absolute atomic E-state index is 0.897. The van der Waals surface area contributed by atoms with Gasteiger partial charge in [0.05, 0.1) is 11.4 Å². The number of benzene rings is 20. The molecule has 0 saturated carbocycles. The summed E-state index contributed by atoms with van der Waals surface area (Å²) in [5, 5.41) is 9.76. The SMILES string of the molecule is c1ccc(-c2ccc(N(c3ccc(-c4ccccc4)cc3)c3ccc4oc5ccccc5c4c3)cc2)cc1.c1ccc(-c2ccc(N(c3ccc(-c4ccccc4)cc3)c3ccc4sc5ccccc5c4c3)cc2)cc1.c1ccc(N(c2ccc(-c3ccc(N(c4ccccc4)c4cccc5ccccc45)cc3)cc2)c2cccc3ccccc23)cc1. The van der Waals surface area contributed by atoms with Crippen molar-refractivity contribution in [1.29, 1.82) is 0 Å². The zero-order chi connectivity index (χ0) is 81.3. The third-order valence-corrected chi connectivity index (χ3v) is 23.9. The molecule has 22 rings (SSSR count). The van der Waals surface area contributed by atoms with E-state index in [1.807, 2.05) is 23.5 Å². The monoisotopic (exact) mass is 1580 g/mol. The quantitative estimate of drug-likeness (QED) is 0.0905. The second kappa shape index (κ2) is 34.4. The Hall–Kier alpha value is -15.9. The van der Waals surface area contributed by atoms with E-state index >= 15 is 0 Å². The first kappa shape index (κ1) is 74.9. The van der Waals surface area contributed by atoms with Gasteiger partial charge in [0, 0.05) is 98.6 Å². The first-order chi connectivity index (χ1) is 60.5. The third kappa shape index (κ3) is 15.6. The van der Waals surface area contributed by atoms with Crippen LogP contribution < -0.4 is 19.6 Å². The Morgan fingerprint density at radius 3 is 0.787 bits per heavy atom. The van der Waals surface area contributed by atoms with E-state index in [1.54, 1.807) is 0 Å². The molecule has 0 bridgehead atoms. The number of para-hydroxylation sites is 3. The normalized spacial score (nSPS) is 11.1. The van der Waals surface area contributed by atoms with Crippen molar-refractivity contribution in [3.05, 3.63) is 497 Å². The molecule has 0 aliphatic heterocycles. The molecule has 0 atom stereocenters. The lowest BCUT2D eigenvalue weighted by Gasteiger charge is -2.27. The molecule has 20 aromatic carbocycles. The molecule has 0 amide bonds. The molecule has 0 saturated heterocycles. The van der Waals surface area contributed by atoms with E-state index in [-0.39, 0.29) is 0 Å². The van der Waals surface area contributed by atoms with Crippen molar-refractivity contribution in [2.24, 2.45) is 0 Å². The minimum Gasteiger partial charge on any atom is -0.456 e. The van der Waals surface area contributed by atoms with E-state index in [9.17, 15) is 0 Å². The van der Waals surface area contributed by atoms with Gasteiger partial charge in [-0.05, 0) is 224 Å². The molecular weight excluding hydrogens is 1500 g/mol. The highest BCUT2D eigenvalue weighted by Gasteiger charge is 2.22. The molecule has 5 nitrogen and oxygen atoms in total. The van der Waals surface area contributed by atoms with Gasteiger partial charge in [-0.3, -0.25) is 0 Å². The lowest BCUT2D eigenvalue weighted by molar-refractivity contribution is 0.669. The average molecular weight is 1580 g/mol. The maximum absolute atomic E-state index is 6.11. The number of hydrogen-bond donors (Lipinski definition) is 0. The molecule has 0 aliphatic rings. The fraction of sp³-hybridized carbons (Fsp3) is 0. The average Bonchev–Trinajstić information content (AvgIpc) is 1.55. The standard InChI is InChI=1S/C44H32N2.C36H25NO.C36H25NS/c1-3-17-37(18-4-1)45(43-23-11-15-35-13-7-9-21-41(35)43)39-29-25-33(26-30-39)34-27-31-40(32-28-34)46(38-19-5-2-6-20-38)44-24-12-16-36-14-8-10-22-42(36)44;2*1-3-9-26(10-4-1)28-15-19-30(20-16-28)37(31-21-17-29(18-22-31)27-11-5-2-6-12-27)32-23-24-36-34(25-32)33-13-7-8-14-35(33)38-36/h1-32H;2*1-25H. The van der Waals surface area contributed by atoms with Crippen molar-refractivity contribution in [3.63, 3.8) is 0 Å². The van der Waals surface area contributed by atoms with Crippen LogP contribution in [-0.4, -0.2) is 0 Å². The van der Waals surface area contributed by atoms with Crippen LogP contribution >= 0.6 is 11.3 Å². The van der Waals surface area contributed by atoms with Crippen molar-refractivity contribution >= 4 is 143 Å². The Kier molecular flexibility index (Phi) is 21.1. The topological polar surface area (TPSA) is 26.1 Å². The second-order valence-electron chi connectivity index (χ2n) is 30.3. The maximum Gasteiger partial charge on any atom is 0.135 e. The maximum atomic E-state index is 6.11. The molecular formula is C116H82N4OS. The van der Waals surface area contributed by atoms with Gasteiger partial charge in [0.25, 0.3) is 0 Å². The van der Waals surface area contributed by atoms with Crippen molar-refractivity contribution in [2.75, 3.05) is 19.6 Å². The van der Waals surface area contributed by atoms with Crippen LogP contribution in [-0.2, 0) is 0 Å². The van der Waals surface area contributed by atoms with Gasteiger partial charge in [0.15, 0.2) is 0 Å². The zero-order valence-corrected chi connectivity index (χ0v) is 67.8. The third-order valence-electron chi connectivity index (χ3n) is 22.8. The fourth-order valence-electron chi connectivity index (χ4n) is 16.8. The summed E-state index contributed by atoms with van der Waals surface area (Å²) in [5.74, 6) is 0. The Labute approximate surface area is 715 Å². The molecule has 0 aliphatic carbocycles. The molecule has 6 heteroatoms. The summed E-state index contributed by atoms with van der Waals surface area (Å²) in [7, 11) is 0. The van der Waals surface area contributed by atoms with Crippen molar-refractivity contribution in [3.8, 4) is 55.6 Å². The van der Waals surface area contributed by atoms with Gasteiger partial charge in [-0.15, -0.1) is 11.3 Å². The van der Waals surface area contributed by atoms with Gasteiger partial charge in [-0.1, -0.05) is 340 Å². The van der Waals surface area contributed by atoms with Crippen LogP contribution in [0.5, 0.6) is 0 Å². The molecule has 2 aromatic heterocycles. The van der Waals surface area contributed by atoms with Crippen LogP contribution in [0.2, 0.25) is 0 Å². The first-order valence-electron chi connectivity index (χ1n) is 41.4. The minimum atomic E-state index is 0.897. The number of fused-ring (bicyclic) bond motifs is 8.